The highest BCUT2D eigenvalue weighted by molar-refractivity contribution is 5.81. The molecule has 130 valence electrons. The van der Waals surface area contributed by atoms with Crippen molar-refractivity contribution in [1.82, 2.24) is 5.32 Å². The van der Waals surface area contributed by atoms with Crippen LogP contribution in [0.5, 0.6) is 5.75 Å². The van der Waals surface area contributed by atoms with E-state index < -0.39 is 6.10 Å². The molecule has 1 aromatic rings. The number of hydrogen-bond acceptors (Lipinski definition) is 3. The Labute approximate surface area is 145 Å². The van der Waals surface area contributed by atoms with Crippen molar-refractivity contribution in [1.29, 1.82) is 5.26 Å². The van der Waals surface area contributed by atoms with Crippen molar-refractivity contribution in [3.63, 3.8) is 0 Å². The SMILES string of the molecule is CC(C)C(Oc1ccccc1C#N)C(=O)NCCCC1CCCC1. The maximum absolute atomic E-state index is 12.5. The van der Waals surface area contributed by atoms with Gasteiger partial charge in [-0.05, 0) is 36.8 Å². The molecule has 0 radical (unpaired) electrons. The summed E-state index contributed by atoms with van der Waals surface area (Å²) in [5.41, 5.74) is 0.456. The van der Waals surface area contributed by atoms with Crippen LogP contribution in [0.25, 0.3) is 0 Å². The minimum Gasteiger partial charge on any atom is -0.479 e. The fraction of sp³-hybridized carbons (Fsp3) is 0.600. The Morgan fingerprint density at radius 2 is 2.04 bits per heavy atom. The summed E-state index contributed by atoms with van der Waals surface area (Å²) < 4.78 is 5.86. The van der Waals surface area contributed by atoms with Crippen molar-refractivity contribution in [2.45, 2.75) is 58.5 Å². The van der Waals surface area contributed by atoms with Gasteiger partial charge in [-0.1, -0.05) is 51.7 Å². The molecule has 0 aliphatic heterocycles. The van der Waals surface area contributed by atoms with Crippen LogP contribution in [0.3, 0.4) is 0 Å². The molecule has 0 spiro atoms. The molecule has 24 heavy (non-hydrogen) atoms. The Kier molecular flexibility index (Phi) is 7.11. The van der Waals surface area contributed by atoms with Crippen molar-refractivity contribution in [2.75, 3.05) is 6.54 Å². The van der Waals surface area contributed by atoms with Gasteiger partial charge in [-0.3, -0.25) is 4.79 Å². The van der Waals surface area contributed by atoms with E-state index in [0.29, 0.717) is 17.9 Å². The van der Waals surface area contributed by atoms with Crippen LogP contribution < -0.4 is 10.1 Å². The van der Waals surface area contributed by atoms with Gasteiger partial charge in [0.1, 0.15) is 11.8 Å². The molecule has 1 amide bonds. The monoisotopic (exact) mass is 328 g/mol. The highest BCUT2D eigenvalue weighted by Gasteiger charge is 2.25. The summed E-state index contributed by atoms with van der Waals surface area (Å²) in [7, 11) is 0. The maximum atomic E-state index is 12.5. The zero-order valence-corrected chi connectivity index (χ0v) is 14.8. The van der Waals surface area contributed by atoms with E-state index in [-0.39, 0.29) is 11.8 Å². The first-order valence-corrected chi connectivity index (χ1v) is 9.05. The molecule has 1 unspecified atom stereocenters. The number of benzene rings is 1. The number of para-hydroxylation sites is 1. The molecule has 0 bridgehead atoms. The van der Waals surface area contributed by atoms with Gasteiger partial charge in [0.2, 0.25) is 0 Å². The number of carbonyl (C=O) groups is 1. The van der Waals surface area contributed by atoms with E-state index in [1.54, 1.807) is 18.2 Å². The molecular weight excluding hydrogens is 300 g/mol. The smallest absolute Gasteiger partial charge is 0.261 e. The van der Waals surface area contributed by atoms with E-state index in [1.165, 1.54) is 32.1 Å². The van der Waals surface area contributed by atoms with E-state index in [1.807, 2.05) is 19.9 Å². The first-order chi connectivity index (χ1) is 11.6. The molecule has 1 atom stereocenters. The third-order valence-corrected chi connectivity index (χ3v) is 4.69. The lowest BCUT2D eigenvalue weighted by molar-refractivity contribution is -0.129. The van der Waals surface area contributed by atoms with E-state index in [9.17, 15) is 4.79 Å². The quantitative estimate of drug-likeness (QED) is 0.732. The Morgan fingerprint density at radius 3 is 2.71 bits per heavy atom. The van der Waals surface area contributed by atoms with Gasteiger partial charge in [-0.2, -0.15) is 5.26 Å². The molecule has 1 aliphatic carbocycles. The molecule has 1 fully saturated rings. The number of carbonyl (C=O) groups excluding carboxylic acids is 1. The Hall–Kier alpha value is -2.02. The molecule has 2 rings (SSSR count). The summed E-state index contributed by atoms with van der Waals surface area (Å²) in [6.45, 7) is 4.61. The number of nitrogens with one attached hydrogen (secondary N) is 1. The molecule has 0 saturated heterocycles. The first kappa shape index (κ1) is 18.3. The number of amides is 1. The van der Waals surface area contributed by atoms with Crippen LogP contribution in [0, 0.1) is 23.2 Å². The average molecular weight is 328 g/mol. The first-order valence-electron chi connectivity index (χ1n) is 9.05. The van der Waals surface area contributed by atoms with Crippen molar-refractivity contribution in [3.05, 3.63) is 29.8 Å². The standard InChI is InChI=1S/C20H28N2O2/c1-15(2)19(24-18-12-6-5-11-17(18)14-21)20(23)22-13-7-10-16-8-3-4-9-16/h5-6,11-12,15-16,19H,3-4,7-10,13H2,1-2H3,(H,22,23). The number of hydrogen-bond donors (Lipinski definition) is 1. The summed E-state index contributed by atoms with van der Waals surface area (Å²) >= 11 is 0. The number of nitrogens with zero attached hydrogens (tertiary/aromatic N) is 1. The van der Waals surface area contributed by atoms with Gasteiger partial charge < -0.3 is 10.1 Å². The summed E-state index contributed by atoms with van der Waals surface area (Å²) in [6, 6.07) is 9.15. The Bertz CT molecular complexity index is 571. The van der Waals surface area contributed by atoms with E-state index in [4.69, 9.17) is 10.00 Å². The van der Waals surface area contributed by atoms with E-state index in [2.05, 4.69) is 11.4 Å². The second kappa shape index (κ2) is 9.32. The number of nitriles is 1. The lowest BCUT2D eigenvalue weighted by Crippen LogP contribution is -2.42. The van der Waals surface area contributed by atoms with Crippen molar-refractivity contribution in [2.24, 2.45) is 11.8 Å². The topological polar surface area (TPSA) is 62.1 Å². The van der Waals surface area contributed by atoms with Crippen LogP contribution in [0.4, 0.5) is 0 Å². The number of rotatable bonds is 8. The third-order valence-electron chi connectivity index (χ3n) is 4.69. The molecular formula is C20H28N2O2. The van der Waals surface area contributed by atoms with Gasteiger partial charge in [0, 0.05) is 6.54 Å². The molecule has 1 saturated carbocycles. The van der Waals surface area contributed by atoms with Crippen LogP contribution in [-0.4, -0.2) is 18.6 Å². The van der Waals surface area contributed by atoms with Gasteiger partial charge >= 0.3 is 0 Å². The Balaban J connectivity index is 1.84. The largest absolute Gasteiger partial charge is 0.479 e. The summed E-state index contributed by atoms with van der Waals surface area (Å²) in [5, 5.41) is 12.2. The van der Waals surface area contributed by atoms with E-state index in [0.717, 1.165) is 12.3 Å². The summed E-state index contributed by atoms with van der Waals surface area (Å²) in [4.78, 5) is 12.5. The predicted molar refractivity (Wildman–Crippen MR) is 94.6 cm³/mol. The van der Waals surface area contributed by atoms with Crippen LogP contribution >= 0.6 is 0 Å². The van der Waals surface area contributed by atoms with Gasteiger partial charge in [-0.15, -0.1) is 0 Å². The molecule has 1 N–H and O–H groups in total. The zero-order chi connectivity index (χ0) is 17.4. The van der Waals surface area contributed by atoms with Crippen LogP contribution in [0.1, 0.15) is 57.9 Å². The lowest BCUT2D eigenvalue weighted by Gasteiger charge is -2.22. The summed E-state index contributed by atoms with van der Waals surface area (Å²) in [6.07, 6.45) is 7.05. The third kappa shape index (κ3) is 5.26. The highest BCUT2D eigenvalue weighted by atomic mass is 16.5. The minimum atomic E-state index is -0.578. The maximum Gasteiger partial charge on any atom is 0.261 e. The minimum absolute atomic E-state index is 0.0339. The highest BCUT2D eigenvalue weighted by Crippen LogP contribution is 2.28. The average Bonchev–Trinajstić information content (AvgIpc) is 3.09. The van der Waals surface area contributed by atoms with E-state index >= 15 is 0 Å². The molecule has 4 heteroatoms. The predicted octanol–water partition coefficient (Wildman–Crippen LogP) is 4.05. The fourth-order valence-corrected chi connectivity index (χ4v) is 3.29. The Morgan fingerprint density at radius 1 is 1.33 bits per heavy atom. The van der Waals surface area contributed by atoms with Gasteiger partial charge in [0.15, 0.2) is 6.10 Å². The molecule has 0 heterocycles. The fourth-order valence-electron chi connectivity index (χ4n) is 3.29. The van der Waals surface area contributed by atoms with Crippen molar-refractivity contribution in [3.8, 4) is 11.8 Å². The van der Waals surface area contributed by atoms with Crippen molar-refractivity contribution < 1.29 is 9.53 Å². The van der Waals surface area contributed by atoms with Gasteiger partial charge in [-0.25, -0.2) is 0 Å². The van der Waals surface area contributed by atoms with Crippen molar-refractivity contribution >= 4 is 5.91 Å². The second-order valence-electron chi connectivity index (χ2n) is 6.97. The molecule has 1 aromatic carbocycles. The second-order valence-corrected chi connectivity index (χ2v) is 6.97. The normalized spacial score (nSPS) is 15.9. The zero-order valence-electron chi connectivity index (χ0n) is 14.8. The van der Waals surface area contributed by atoms with Crippen LogP contribution in [0.2, 0.25) is 0 Å². The van der Waals surface area contributed by atoms with Gasteiger partial charge in [0.25, 0.3) is 5.91 Å². The molecule has 0 aromatic heterocycles. The lowest BCUT2D eigenvalue weighted by atomic mass is 10.0. The van der Waals surface area contributed by atoms with Gasteiger partial charge in [0.05, 0.1) is 5.56 Å². The number of ether oxygens (including phenoxy) is 1. The molecule has 4 nitrogen and oxygen atoms in total. The summed E-state index contributed by atoms with van der Waals surface area (Å²) in [5.74, 6) is 1.26. The van der Waals surface area contributed by atoms with Crippen LogP contribution in [-0.2, 0) is 4.79 Å². The molecule has 1 aliphatic rings. The van der Waals surface area contributed by atoms with Crippen LogP contribution in [0.15, 0.2) is 24.3 Å².